The molecule has 2 aromatic carbocycles. The van der Waals surface area contributed by atoms with Gasteiger partial charge in [0.25, 0.3) is 0 Å². The van der Waals surface area contributed by atoms with Gasteiger partial charge in [-0.05, 0) is 24.1 Å². The summed E-state index contributed by atoms with van der Waals surface area (Å²) < 4.78 is 5.39. The average molecular weight is 401 g/mol. The van der Waals surface area contributed by atoms with Gasteiger partial charge in [0, 0.05) is 11.8 Å². The molecule has 0 aromatic heterocycles. The van der Waals surface area contributed by atoms with Crippen LogP contribution < -0.4 is 4.74 Å². The second-order valence-corrected chi connectivity index (χ2v) is 7.96. The molecule has 0 amide bonds. The molecular weight excluding hydrogens is 384 g/mol. The number of halogens is 2. The number of hydrogen-bond acceptors (Lipinski definition) is 2. The number of aliphatic imine (C=N–C) groups is 1. The zero-order valence-electron chi connectivity index (χ0n) is 12.0. The van der Waals surface area contributed by atoms with Crippen molar-refractivity contribution in [3.63, 3.8) is 0 Å². The van der Waals surface area contributed by atoms with Gasteiger partial charge in [-0.25, -0.2) is 0 Å². The summed E-state index contributed by atoms with van der Waals surface area (Å²) in [6, 6.07) is 16.3. The quantitative estimate of drug-likeness (QED) is 0.661. The molecule has 2 rings (SSSR count). The molecule has 21 heavy (non-hydrogen) atoms. The van der Waals surface area contributed by atoms with Crippen molar-refractivity contribution in [2.24, 2.45) is 4.99 Å². The molecule has 0 bridgehead atoms. The van der Waals surface area contributed by atoms with Gasteiger partial charge >= 0.3 is 37.9 Å². The maximum absolute atomic E-state index is 5.39. The van der Waals surface area contributed by atoms with E-state index in [1.165, 1.54) is 5.56 Å². The Morgan fingerprint density at radius 3 is 2.38 bits per heavy atom. The predicted octanol–water partition coefficient (Wildman–Crippen LogP) is 5.00. The van der Waals surface area contributed by atoms with Gasteiger partial charge < -0.3 is 4.74 Å². The second kappa shape index (κ2) is 11.0. The molecule has 0 aliphatic heterocycles. The summed E-state index contributed by atoms with van der Waals surface area (Å²) in [6.45, 7) is 2.73. The molecule has 0 aliphatic carbocycles. The fourth-order valence-corrected chi connectivity index (χ4v) is 1.89. The van der Waals surface area contributed by atoms with Gasteiger partial charge in [0.1, 0.15) is 5.75 Å². The zero-order valence-corrected chi connectivity index (χ0v) is 16.0. The van der Waals surface area contributed by atoms with E-state index in [1.54, 1.807) is 7.11 Å². The first-order chi connectivity index (χ1) is 10.2. The average Bonchev–Trinajstić information content (AvgIpc) is 2.49. The Morgan fingerprint density at radius 1 is 1.10 bits per heavy atom. The first-order valence-corrected chi connectivity index (χ1v) is 12.7. The molecule has 0 aliphatic rings. The van der Waals surface area contributed by atoms with E-state index in [0.717, 1.165) is 16.9 Å². The maximum atomic E-state index is 5.39. The van der Waals surface area contributed by atoms with Crippen LogP contribution in [0.15, 0.2) is 53.5 Å². The third-order valence-corrected chi connectivity index (χ3v) is 2.79. The number of para-hydroxylation sites is 1. The summed E-state index contributed by atoms with van der Waals surface area (Å²) in [5.41, 5.74) is 3.36. The third-order valence-electron chi connectivity index (χ3n) is 2.79. The van der Waals surface area contributed by atoms with Gasteiger partial charge in [0.05, 0.1) is 13.7 Å². The van der Waals surface area contributed by atoms with E-state index in [-0.39, 0.29) is 0 Å². The number of rotatable bonds is 4. The Labute approximate surface area is 144 Å². The fraction of sp³-hybridized carbons (Fsp3) is 0.188. The van der Waals surface area contributed by atoms with Crippen molar-refractivity contribution in [3.8, 4) is 5.75 Å². The molecular formula is C16H17Cl2NOZr. The van der Waals surface area contributed by atoms with Crippen molar-refractivity contribution in [1.82, 2.24) is 0 Å². The molecule has 0 heterocycles. The molecule has 2 nitrogen and oxygen atoms in total. The van der Waals surface area contributed by atoms with Crippen molar-refractivity contribution in [3.05, 3.63) is 65.2 Å². The van der Waals surface area contributed by atoms with Gasteiger partial charge in [-0.2, -0.15) is 0 Å². The van der Waals surface area contributed by atoms with Crippen LogP contribution in [0.4, 0.5) is 0 Å². The van der Waals surface area contributed by atoms with E-state index in [4.69, 9.17) is 21.8 Å². The van der Waals surface area contributed by atoms with Gasteiger partial charge in [0.15, 0.2) is 0 Å². The van der Waals surface area contributed by atoms with Crippen LogP contribution in [0.2, 0.25) is 0 Å². The minimum atomic E-state index is -0.826. The van der Waals surface area contributed by atoms with Crippen molar-refractivity contribution in [1.29, 1.82) is 0 Å². The molecule has 0 saturated heterocycles. The first kappa shape index (κ1) is 18.4. The van der Waals surface area contributed by atoms with Crippen molar-refractivity contribution in [2.45, 2.75) is 13.5 Å². The van der Waals surface area contributed by atoms with Crippen molar-refractivity contribution < 1.29 is 25.6 Å². The molecule has 5 heteroatoms. The third kappa shape index (κ3) is 6.78. The van der Waals surface area contributed by atoms with Crippen LogP contribution in [-0.4, -0.2) is 13.3 Å². The SMILES string of the molecule is COc1c(C)cccc1C=NCc1ccccc1.[Cl][Zr][Cl]. The van der Waals surface area contributed by atoms with Gasteiger partial charge in [-0.3, -0.25) is 4.99 Å². The number of hydrogen-bond donors (Lipinski definition) is 0. The molecule has 0 spiro atoms. The second-order valence-electron chi connectivity index (χ2n) is 4.22. The molecule has 110 valence electrons. The van der Waals surface area contributed by atoms with E-state index in [1.807, 2.05) is 49.5 Å². The number of aryl methyl sites for hydroxylation is 1. The van der Waals surface area contributed by atoms with E-state index in [0.29, 0.717) is 6.54 Å². The standard InChI is InChI=1S/C16H17NO.2ClH.Zr/c1-13-7-6-10-15(16(13)18-2)12-17-11-14-8-4-3-5-9-14;;;/h3-10,12H,11H2,1-2H3;2*1H;/q;;;+2/p-2. The normalized spacial score (nSPS) is 9.90. The number of methoxy groups -OCH3 is 1. The van der Waals surface area contributed by atoms with E-state index < -0.39 is 20.8 Å². The van der Waals surface area contributed by atoms with Gasteiger partial charge in [-0.1, -0.05) is 42.5 Å². The summed E-state index contributed by atoms with van der Waals surface area (Å²) in [5, 5.41) is 0. The van der Waals surface area contributed by atoms with Crippen LogP contribution in [0.25, 0.3) is 0 Å². The summed E-state index contributed by atoms with van der Waals surface area (Å²) in [5.74, 6) is 0.898. The first-order valence-electron chi connectivity index (χ1n) is 6.36. The van der Waals surface area contributed by atoms with Crippen molar-refractivity contribution >= 4 is 23.2 Å². The molecule has 0 fully saturated rings. The Morgan fingerprint density at radius 2 is 1.76 bits per heavy atom. The van der Waals surface area contributed by atoms with Crippen LogP contribution in [0.3, 0.4) is 0 Å². The summed E-state index contributed by atoms with van der Waals surface area (Å²) in [7, 11) is 11.6. The monoisotopic (exact) mass is 399 g/mol. The van der Waals surface area contributed by atoms with Crippen LogP contribution in [-0.2, 0) is 27.4 Å². The van der Waals surface area contributed by atoms with E-state index >= 15 is 0 Å². The molecule has 0 radical (unpaired) electrons. The Bertz CT molecular complexity index is 561. The Hall–Kier alpha value is -0.627. The van der Waals surface area contributed by atoms with Crippen LogP contribution in [0.5, 0.6) is 5.75 Å². The van der Waals surface area contributed by atoms with Crippen molar-refractivity contribution in [2.75, 3.05) is 7.11 Å². The van der Waals surface area contributed by atoms with E-state index in [2.05, 4.69) is 17.1 Å². The zero-order chi connectivity index (χ0) is 15.5. The number of nitrogens with zero attached hydrogens (tertiary/aromatic N) is 1. The molecule has 0 unspecified atom stereocenters. The Kier molecular flexibility index (Phi) is 9.66. The summed E-state index contributed by atoms with van der Waals surface area (Å²) in [6.07, 6.45) is 1.87. The molecule has 0 atom stereocenters. The number of ether oxygens (including phenoxy) is 1. The molecule has 0 saturated carbocycles. The van der Waals surface area contributed by atoms with Gasteiger partial charge in [0.2, 0.25) is 0 Å². The summed E-state index contributed by atoms with van der Waals surface area (Å²) in [4.78, 5) is 4.46. The fourth-order valence-electron chi connectivity index (χ4n) is 1.89. The Balaban J connectivity index is 0.000000677. The number of benzene rings is 2. The van der Waals surface area contributed by atoms with Crippen LogP contribution in [0.1, 0.15) is 16.7 Å². The van der Waals surface area contributed by atoms with Crippen LogP contribution in [0, 0.1) is 6.92 Å². The minimum absolute atomic E-state index is 0.692. The topological polar surface area (TPSA) is 21.6 Å². The molecule has 2 aromatic rings. The van der Waals surface area contributed by atoms with Gasteiger partial charge in [-0.15, -0.1) is 0 Å². The molecule has 0 N–H and O–H groups in total. The van der Waals surface area contributed by atoms with E-state index in [9.17, 15) is 0 Å². The predicted molar refractivity (Wildman–Crippen MR) is 87.2 cm³/mol. The van der Waals surface area contributed by atoms with Crippen LogP contribution >= 0.6 is 17.0 Å². The summed E-state index contributed by atoms with van der Waals surface area (Å²) >= 11 is -0.826.